The van der Waals surface area contributed by atoms with E-state index in [0.717, 1.165) is 23.4 Å². The molecule has 2 aromatic rings. The van der Waals surface area contributed by atoms with Crippen LogP contribution in [0.4, 0.5) is 0 Å². The Morgan fingerprint density at radius 2 is 1.95 bits per heavy atom. The van der Waals surface area contributed by atoms with E-state index < -0.39 is 6.29 Å². The van der Waals surface area contributed by atoms with Gasteiger partial charge in [-0.2, -0.15) is 0 Å². The molecule has 2 unspecified atom stereocenters. The summed E-state index contributed by atoms with van der Waals surface area (Å²) in [6, 6.07) is 11.3. The van der Waals surface area contributed by atoms with Crippen molar-refractivity contribution in [3.05, 3.63) is 63.6 Å². The molecule has 4 nitrogen and oxygen atoms in total. The third-order valence-electron chi connectivity index (χ3n) is 3.95. The molecule has 0 saturated carbocycles. The molecule has 0 saturated heterocycles. The van der Waals surface area contributed by atoms with E-state index in [9.17, 15) is 4.79 Å². The summed E-state index contributed by atoms with van der Waals surface area (Å²) in [5.74, 6) is 0.412. The summed E-state index contributed by atoms with van der Waals surface area (Å²) in [6.07, 6.45) is 0.117. The van der Waals surface area contributed by atoms with Crippen molar-refractivity contribution in [3.8, 4) is 5.75 Å². The fourth-order valence-corrected chi connectivity index (χ4v) is 2.70. The van der Waals surface area contributed by atoms with Crippen LogP contribution in [-0.2, 0) is 11.8 Å². The molecule has 1 aromatic heterocycles. The first kappa shape index (κ1) is 13.9. The molecule has 0 fully saturated rings. The Balaban J connectivity index is 2.10. The van der Waals surface area contributed by atoms with Gasteiger partial charge in [0, 0.05) is 24.4 Å². The van der Waals surface area contributed by atoms with Crippen LogP contribution >= 0.6 is 0 Å². The predicted octanol–water partition coefficient (Wildman–Crippen LogP) is 3.25. The maximum Gasteiger partial charge on any atom is 0.227 e. The van der Waals surface area contributed by atoms with Crippen LogP contribution in [0, 0.1) is 6.92 Å². The van der Waals surface area contributed by atoms with Gasteiger partial charge in [0.15, 0.2) is 5.75 Å². The summed E-state index contributed by atoms with van der Waals surface area (Å²) < 4.78 is 13.9. The van der Waals surface area contributed by atoms with Crippen molar-refractivity contribution in [1.82, 2.24) is 4.57 Å². The SMILES string of the molecule is CCC1OC(c2ccccc2)Oc2c1n(C)c(C)cc2=O. The molecule has 110 valence electrons. The molecule has 4 heteroatoms. The second kappa shape index (κ2) is 5.37. The number of pyridine rings is 1. The van der Waals surface area contributed by atoms with Gasteiger partial charge in [0.2, 0.25) is 11.7 Å². The molecular weight excluding hydrogens is 266 g/mol. The van der Waals surface area contributed by atoms with E-state index >= 15 is 0 Å². The summed E-state index contributed by atoms with van der Waals surface area (Å²) >= 11 is 0. The highest BCUT2D eigenvalue weighted by Gasteiger charge is 2.32. The fraction of sp³-hybridized carbons (Fsp3) is 0.353. The Morgan fingerprint density at radius 3 is 2.62 bits per heavy atom. The molecule has 0 spiro atoms. The normalized spacial score (nSPS) is 20.7. The molecule has 1 aliphatic heterocycles. The standard InChI is InChI=1S/C17H19NO3/c1-4-14-15-16(13(19)10-11(2)18(15)3)21-17(20-14)12-8-6-5-7-9-12/h5-10,14,17H,4H2,1-3H3. The minimum Gasteiger partial charge on any atom is -0.455 e. The summed E-state index contributed by atoms with van der Waals surface area (Å²) in [4.78, 5) is 12.3. The molecule has 1 aromatic carbocycles. The average Bonchev–Trinajstić information content (AvgIpc) is 2.52. The van der Waals surface area contributed by atoms with Crippen LogP contribution in [0.25, 0.3) is 0 Å². The third kappa shape index (κ3) is 2.36. The average molecular weight is 285 g/mol. The van der Waals surface area contributed by atoms with Gasteiger partial charge in [-0.1, -0.05) is 37.3 Å². The van der Waals surface area contributed by atoms with E-state index in [1.165, 1.54) is 0 Å². The molecule has 0 aliphatic carbocycles. The highest BCUT2D eigenvalue weighted by atomic mass is 16.7. The van der Waals surface area contributed by atoms with Crippen molar-refractivity contribution < 1.29 is 9.47 Å². The number of aryl methyl sites for hydroxylation is 1. The lowest BCUT2D eigenvalue weighted by molar-refractivity contribution is -0.149. The quantitative estimate of drug-likeness (QED) is 0.850. The molecule has 3 rings (SSSR count). The third-order valence-corrected chi connectivity index (χ3v) is 3.95. The lowest BCUT2D eigenvalue weighted by atomic mass is 10.1. The van der Waals surface area contributed by atoms with Gasteiger partial charge in [0.1, 0.15) is 6.10 Å². The maximum absolute atomic E-state index is 12.3. The van der Waals surface area contributed by atoms with Gasteiger partial charge in [-0.05, 0) is 13.3 Å². The van der Waals surface area contributed by atoms with Gasteiger partial charge < -0.3 is 14.0 Å². The number of hydrogen-bond acceptors (Lipinski definition) is 3. The van der Waals surface area contributed by atoms with Crippen LogP contribution in [0.1, 0.15) is 42.7 Å². The fourth-order valence-electron chi connectivity index (χ4n) is 2.70. The highest BCUT2D eigenvalue weighted by Crippen LogP contribution is 2.39. The molecule has 21 heavy (non-hydrogen) atoms. The van der Waals surface area contributed by atoms with E-state index in [0.29, 0.717) is 5.75 Å². The van der Waals surface area contributed by atoms with Crippen molar-refractivity contribution >= 4 is 0 Å². The van der Waals surface area contributed by atoms with Crippen molar-refractivity contribution in [1.29, 1.82) is 0 Å². The molecule has 2 atom stereocenters. The Hall–Kier alpha value is -2.07. The largest absolute Gasteiger partial charge is 0.455 e. The second-order valence-corrected chi connectivity index (χ2v) is 5.32. The van der Waals surface area contributed by atoms with E-state index in [4.69, 9.17) is 9.47 Å². The Labute approximate surface area is 123 Å². The van der Waals surface area contributed by atoms with Crippen LogP contribution in [0.5, 0.6) is 5.75 Å². The van der Waals surface area contributed by atoms with Gasteiger partial charge in [-0.15, -0.1) is 0 Å². The molecular formula is C17H19NO3. The summed E-state index contributed by atoms with van der Waals surface area (Å²) in [6.45, 7) is 3.96. The van der Waals surface area contributed by atoms with Crippen LogP contribution in [0.2, 0.25) is 0 Å². The number of rotatable bonds is 2. The predicted molar refractivity (Wildman–Crippen MR) is 80.3 cm³/mol. The molecule has 0 amide bonds. The Bertz CT molecular complexity index is 706. The van der Waals surface area contributed by atoms with Crippen LogP contribution in [-0.4, -0.2) is 4.57 Å². The molecule has 2 heterocycles. The van der Waals surface area contributed by atoms with E-state index in [1.807, 2.05) is 48.9 Å². The number of aromatic nitrogens is 1. The van der Waals surface area contributed by atoms with Crippen LogP contribution in [0.3, 0.4) is 0 Å². The van der Waals surface area contributed by atoms with Gasteiger partial charge in [-0.25, -0.2) is 0 Å². The van der Waals surface area contributed by atoms with Crippen LogP contribution < -0.4 is 10.2 Å². The molecule has 1 aliphatic rings. The van der Waals surface area contributed by atoms with Gasteiger partial charge in [0.25, 0.3) is 0 Å². The van der Waals surface area contributed by atoms with Gasteiger partial charge >= 0.3 is 0 Å². The van der Waals surface area contributed by atoms with Crippen molar-refractivity contribution in [2.24, 2.45) is 7.05 Å². The number of ether oxygens (including phenoxy) is 2. The number of hydrogen-bond donors (Lipinski definition) is 0. The number of fused-ring (bicyclic) bond motifs is 1. The first-order chi connectivity index (χ1) is 10.1. The zero-order valence-electron chi connectivity index (χ0n) is 12.5. The van der Waals surface area contributed by atoms with Gasteiger partial charge in [-0.3, -0.25) is 4.79 Å². The Morgan fingerprint density at radius 1 is 1.24 bits per heavy atom. The molecule has 0 bridgehead atoms. The Kier molecular flexibility index (Phi) is 3.55. The second-order valence-electron chi connectivity index (χ2n) is 5.32. The van der Waals surface area contributed by atoms with Crippen molar-refractivity contribution in [2.45, 2.75) is 32.7 Å². The van der Waals surface area contributed by atoms with E-state index in [1.54, 1.807) is 6.07 Å². The zero-order chi connectivity index (χ0) is 15.0. The minimum absolute atomic E-state index is 0.0803. The van der Waals surface area contributed by atoms with Crippen molar-refractivity contribution in [2.75, 3.05) is 0 Å². The summed E-state index contributed by atoms with van der Waals surface area (Å²) in [5, 5.41) is 0. The smallest absolute Gasteiger partial charge is 0.227 e. The summed E-state index contributed by atoms with van der Waals surface area (Å²) in [7, 11) is 1.94. The lowest BCUT2D eigenvalue weighted by Gasteiger charge is -2.33. The highest BCUT2D eigenvalue weighted by molar-refractivity contribution is 5.35. The minimum atomic E-state index is -0.529. The summed E-state index contributed by atoms with van der Waals surface area (Å²) in [5.41, 5.74) is 2.57. The van der Waals surface area contributed by atoms with Crippen molar-refractivity contribution in [3.63, 3.8) is 0 Å². The zero-order valence-corrected chi connectivity index (χ0v) is 12.5. The van der Waals surface area contributed by atoms with E-state index in [2.05, 4.69) is 6.92 Å². The monoisotopic (exact) mass is 285 g/mol. The topological polar surface area (TPSA) is 40.5 Å². The first-order valence-electron chi connectivity index (χ1n) is 7.19. The number of nitrogens with zero attached hydrogens (tertiary/aromatic N) is 1. The molecule has 0 radical (unpaired) electrons. The van der Waals surface area contributed by atoms with E-state index in [-0.39, 0.29) is 11.5 Å². The van der Waals surface area contributed by atoms with Crippen LogP contribution in [0.15, 0.2) is 41.2 Å². The number of benzene rings is 1. The van der Waals surface area contributed by atoms with Gasteiger partial charge in [0.05, 0.1) is 5.69 Å². The maximum atomic E-state index is 12.3. The first-order valence-corrected chi connectivity index (χ1v) is 7.19. The molecule has 0 N–H and O–H groups in total. The lowest BCUT2D eigenvalue weighted by Crippen LogP contribution is -2.29.